The standard InChI is InChI=1S/C22H20N2O6/c1-4-28-20-12-15(5-10-19(20)29-13-14(2)3)11-18-22(25)30-21(23-18)16-6-8-17(9-7-16)24(26)27/h5-12H,2,4,13H2,1,3H3/b18-11-. The minimum Gasteiger partial charge on any atom is -0.490 e. The molecule has 0 amide bonds. The Morgan fingerprint density at radius 1 is 1.20 bits per heavy atom. The van der Waals surface area contributed by atoms with Gasteiger partial charge in [-0.3, -0.25) is 10.1 Å². The molecule has 1 aliphatic heterocycles. The van der Waals surface area contributed by atoms with Crippen LogP contribution in [-0.4, -0.2) is 30.0 Å². The molecule has 154 valence electrons. The van der Waals surface area contributed by atoms with Crippen molar-refractivity contribution in [2.75, 3.05) is 13.2 Å². The van der Waals surface area contributed by atoms with Crippen LogP contribution in [0.2, 0.25) is 0 Å². The van der Waals surface area contributed by atoms with E-state index in [1.165, 1.54) is 24.3 Å². The molecular weight excluding hydrogens is 388 g/mol. The smallest absolute Gasteiger partial charge is 0.363 e. The van der Waals surface area contributed by atoms with Gasteiger partial charge in [-0.05, 0) is 55.3 Å². The Bertz CT molecular complexity index is 1050. The van der Waals surface area contributed by atoms with Gasteiger partial charge in [0.05, 0.1) is 11.5 Å². The van der Waals surface area contributed by atoms with E-state index in [0.717, 1.165) is 5.57 Å². The van der Waals surface area contributed by atoms with Gasteiger partial charge in [-0.2, -0.15) is 0 Å². The fourth-order valence-electron chi connectivity index (χ4n) is 2.62. The Balaban J connectivity index is 1.86. The van der Waals surface area contributed by atoms with Crippen molar-refractivity contribution in [3.63, 3.8) is 0 Å². The van der Waals surface area contributed by atoms with Gasteiger partial charge in [0.1, 0.15) is 6.61 Å². The normalized spacial score (nSPS) is 14.3. The van der Waals surface area contributed by atoms with E-state index in [0.29, 0.717) is 35.8 Å². The van der Waals surface area contributed by atoms with Gasteiger partial charge in [-0.25, -0.2) is 9.79 Å². The van der Waals surface area contributed by atoms with Crippen LogP contribution in [0.1, 0.15) is 25.0 Å². The summed E-state index contributed by atoms with van der Waals surface area (Å²) in [5, 5.41) is 10.8. The molecule has 0 aliphatic carbocycles. The van der Waals surface area contributed by atoms with E-state index in [1.807, 2.05) is 13.8 Å². The lowest BCUT2D eigenvalue weighted by molar-refractivity contribution is -0.384. The Kier molecular flexibility index (Phi) is 6.26. The topological polar surface area (TPSA) is 100 Å². The van der Waals surface area contributed by atoms with Crippen LogP contribution in [0.25, 0.3) is 6.08 Å². The van der Waals surface area contributed by atoms with Crippen LogP contribution in [0, 0.1) is 10.1 Å². The summed E-state index contributed by atoms with van der Waals surface area (Å²) in [7, 11) is 0. The van der Waals surface area contributed by atoms with Crippen molar-refractivity contribution < 1.29 is 23.9 Å². The molecule has 2 aromatic rings. The average molecular weight is 408 g/mol. The number of nitrogens with zero attached hydrogens (tertiary/aromatic N) is 2. The Morgan fingerprint density at radius 2 is 1.93 bits per heavy atom. The summed E-state index contributed by atoms with van der Waals surface area (Å²) in [6, 6.07) is 10.9. The fourth-order valence-corrected chi connectivity index (χ4v) is 2.62. The van der Waals surface area contributed by atoms with Crippen molar-refractivity contribution >= 4 is 23.6 Å². The van der Waals surface area contributed by atoms with Gasteiger partial charge < -0.3 is 14.2 Å². The highest BCUT2D eigenvalue weighted by molar-refractivity contribution is 6.12. The number of carbonyl (C=O) groups is 1. The maximum Gasteiger partial charge on any atom is 0.363 e. The van der Waals surface area contributed by atoms with E-state index >= 15 is 0 Å². The zero-order valence-electron chi connectivity index (χ0n) is 16.6. The highest BCUT2D eigenvalue weighted by atomic mass is 16.6. The molecule has 0 spiro atoms. The number of cyclic esters (lactones) is 1. The van der Waals surface area contributed by atoms with Crippen molar-refractivity contribution in [2.45, 2.75) is 13.8 Å². The molecule has 0 atom stereocenters. The first-order valence-corrected chi connectivity index (χ1v) is 9.18. The van der Waals surface area contributed by atoms with Crippen LogP contribution in [0.15, 0.2) is 65.3 Å². The minimum absolute atomic E-state index is 0.0585. The number of esters is 1. The largest absolute Gasteiger partial charge is 0.490 e. The van der Waals surface area contributed by atoms with Gasteiger partial charge in [0, 0.05) is 17.7 Å². The molecule has 0 saturated heterocycles. The predicted molar refractivity (Wildman–Crippen MR) is 112 cm³/mol. The molecule has 0 bridgehead atoms. The van der Waals surface area contributed by atoms with Crippen LogP contribution in [0.3, 0.4) is 0 Å². The summed E-state index contributed by atoms with van der Waals surface area (Å²) >= 11 is 0. The average Bonchev–Trinajstić information content (AvgIpc) is 3.08. The molecule has 8 nitrogen and oxygen atoms in total. The SMILES string of the molecule is C=C(C)COc1ccc(/C=C2\N=C(c3ccc([N+](=O)[O-])cc3)OC2=O)cc1OCC. The first-order valence-electron chi connectivity index (χ1n) is 9.18. The number of non-ortho nitro benzene ring substituents is 1. The van der Waals surface area contributed by atoms with Gasteiger partial charge in [0.25, 0.3) is 5.69 Å². The Morgan fingerprint density at radius 3 is 2.57 bits per heavy atom. The van der Waals surface area contributed by atoms with Crippen LogP contribution < -0.4 is 9.47 Å². The second-order valence-electron chi connectivity index (χ2n) is 6.53. The van der Waals surface area contributed by atoms with Crippen LogP contribution >= 0.6 is 0 Å². The summed E-state index contributed by atoms with van der Waals surface area (Å²) in [4.78, 5) is 26.7. The monoisotopic (exact) mass is 408 g/mol. The zero-order chi connectivity index (χ0) is 21.7. The Labute approximate surface area is 173 Å². The maximum atomic E-state index is 12.2. The van der Waals surface area contributed by atoms with E-state index in [-0.39, 0.29) is 17.3 Å². The van der Waals surface area contributed by atoms with E-state index in [9.17, 15) is 14.9 Å². The molecule has 0 fully saturated rings. The zero-order valence-corrected chi connectivity index (χ0v) is 16.6. The third-order valence-electron chi connectivity index (χ3n) is 3.99. The van der Waals surface area contributed by atoms with Crippen molar-refractivity contribution in [1.29, 1.82) is 0 Å². The quantitative estimate of drug-likeness (QED) is 0.212. The molecule has 0 radical (unpaired) electrons. The number of nitro benzene ring substituents is 1. The number of hydrogen-bond acceptors (Lipinski definition) is 7. The molecule has 0 aromatic heterocycles. The molecule has 1 aliphatic rings. The molecule has 1 heterocycles. The van der Waals surface area contributed by atoms with E-state index in [2.05, 4.69) is 11.6 Å². The number of carbonyl (C=O) groups excluding carboxylic acids is 1. The maximum absolute atomic E-state index is 12.2. The number of aliphatic imine (C=N–C) groups is 1. The highest BCUT2D eigenvalue weighted by Crippen LogP contribution is 2.30. The van der Waals surface area contributed by atoms with Gasteiger partial charge >= 0.3 is 5.97 Å². The number of rotatable bonds is 8. The lowest BCUT2D eigenvalue weighted by Crippen LogP contribution is -2.05. The molecule has 0 saturated carbocycles. The van der Waals surface area contributed by atoms with Gasteiger partial charge in [-0.1, -0.05) is 12.6 Å². The van der Waals surface area contributed by atoms with Crippen LogP contribution in [-0.2, 0) is 9.53 Å². The van der Waals surface area contributed by atoms with E-state index < -0.39 is 10.9 Å². The minimum atomic E-state index is -0.607. The summed E-state index contributed by atoms with van der Waals surface area (Å²) < 4.78 is 16.5. The van der Waals surface area contributed by atoms with E-state index in [1.54, 1.807) is 24.3 Å². The van der Waals surface area contributed by atoms with Crippen molar-refractivity contribution in [3.8, 4) is 11.5 Å². The van der Waals surface area contributed by atoms with Crippen molar-refractivity contribution in [2.24, 2.45) is 4.99 Å². The lowest BCUT2D eigenvalue weighted by atomic mass is 10.1. The fraction of sp³-hybridized carbons (Fsp3) is 0.182. The second kappa shape index (κ2) is 9.04. The Hall–Kier alpha value is -3.94. The predicted octanol–water partition coefficient (Wildman–Crippen LogP) is 4.29. The van der Waals surface area contributed by atoms with Gasteiger partial charge in [0.2, 0.25) is 5.90 Å². The van der Waals surface area contributed by atoms with Crippen molar-refractivity contribution in [3.05, 3.63) is 81.6 Å². The molecule has 3 rings (SSSR count). The lowest BCUT2D eigenvalue weighted by Gasteiger charge is -2.12. The van der Waals surface area contributed by atoms with Gasteiger partial charge in [-0.15, -0.1) is 0 Å². The number of hydrogen-bond donors (Lipinski definition) is 0. The summed E-state index contributed by atoms with van der Waals surface area (Å²) in [5.74, 6) is 0.599. The molecule has 2 aromatic carbocycles. The number of ether oxygens (including phenoxy) is 3. The van der Waals surface area contributed by atoms with Crippen molar-refractivity contribution in [1.82, 2.24) is 0 Å². The first-order chi connectivity index (χ1) is 14.4. The second-order valence-corrected chi connectivity index (χ2v) is 6.53. The summed E-state index contributed by atoms with van der Waals surface area (Å²) in [5.41, 5.74) is 2.08. The molecule has 0 unspecified atom stereocenters. The highest BCUT2D eigenvalue weighted by Gasteiger charge is 2.24. The number of nitro groups is 1. The van der Waals surface area contributed by atoms with E-state index in [4.69, 9.17) is 14.2 Å². The molecule has 8 heteroatoms. The van der Waals surface area contributed by atoms with Gasteiger partial charge in [0.15, 0.2) is 17.2 Å². The number of benzene rings is 2. The molecular formula is C22H20N2O6. The summed E-state index contributed by atoms with van der Waals surface area (Å²) in [6.07, 6.45) is 1.58. The summed E-state index contributed by atoms with van der Waals surface area (Å²) in [6.45, 7) is 8.36. The van der Waals surface area contributed by atoms with Crippen LogP contribution in [0.5, 0.6) is 11.5 Å². The molecule has 0 N–H and O–H groups in total. The molecule has 30 heavy (non-hydrogen) atoms. The third kappa shape index (κ3) is 4.91. The first kappa shape index (κ1) is 20.8. The van der Waals surface area contributed by atoms with Crippen LogP contribution in [0.4, 0.5) is 5.69 Å². The third-order valence-corrected chi connectivity index (χ3v) is 3.99.